The number of hydrogen-bond acceptors (Lipinski definition) is 2. The molecule has 3 nitrogen and oxygen atoms in total. The van der Waals surface area contributed by atoms with Crippen LogP contribution in [0.4, 0.5) is 17.1 Å². The quantitative estimate of drug-likeness (QED) is 0.172. The summed E-state index contributed by atoms with van der Waals surface area (Å²) >= 11 is 0. The molecule has 3 heteroatoms. The van der Waals surface area contributed by atoms with Crippen LogP contribution in [0.5, 0.6) is 0 Å². The van der Waals surface area contributed by atoms with Crippen molar-refractivity contribution < 1.29 is 4.42 Å². The maximum Gasteiger partial charge on any atom is 0.136 e. The van der Waals surface area contributed by atoms with Gasteiger partial charge < -0.3 is 13.9 Å². The van der Waals surface area contributed by atoms with Gasteiger partial charge in [-0.15, -0.1) is 0 Å². The molecule has 0 N–H and O–H groups in total. The predicted octanol–water partition coefficient (Wildman–Crippen LogP) is 14.6. The number of aromatic nitrogens is 1. The van der Waals surface area contributed by atoms with Crippen LogP contribution in [0.3, 0.4) is 0 Å². The van der Waals surface area contributed by atoms with E-state index >= 15 is 0 Å². The van der Waals surface area contributed by atoms with E-state index in [1.54, 1.807) is 0 Å². The molecule has 0 spiro atoms. The molecule has 11 rings (SSSR count). The van der Waals surface area contributed by atoms with E-state index in [1.807, 2.05) is 12.1 Å². The minimum Gasteiger partial charge on any atom is -0.456 e. The van der Waals surface area contributed by atoms with Crippen LogP contribution >= 0.6 is 0 Å². The van der Waals surface area contributed by atoms with E-state index in [0.717, 1.165) is 55.8 Å². The van der Waals surface area contributed by atoms with Crippen molar-refractivity contribution in [2.45, 2.75) is 0 Å². The molecule has 0 unspecified atom stereocenters. The third-order valence-corrected chi connectivity index (χ3v) is 11.0. The molecule has 0 atom stereocenters. The van der Waals surface area contributed by atoms with Gasteiger partial charge in [0.05, 0.1) is 11.0 Å². The second-order valence-electron chi connectivity index (χ2n) is 14.2. The minimum atomic E-state index is 0.904. The van der Waals surface area contributed by atoms with E-state index in [1.165, 1.54) is 43.7 Å². The van der Waals surface area contributed by atoms with E-state index in [2.05, 4.69) is 204 Å². The molecule has 0 amide bonds. The number of hydrogen-bond donors (Lipinski definition) is 0. The van der Waals surface area contributed by atoms with Gasteiger partial charge in [-0.25, -0.2) is 0 Å². The number of anilines is 3. The predicted molar refractivity (Wildman–Crippen MR) is 231 cm³/mol. The lowest BCUT2D eigenvalue weighted by Crippen LogP contribution is -2.09. The Morgan fingerprint density at radius 3 is 1.58 bits per heavy atom. The molecule has 0 fully saturated rings. The molecular formula is C52H34N2O. The Morgan fingerprint density at radius 2 is 0.873 bits per heavy atom. The maximum absolute atomic E-state index is 6.22. The van der Waals surface area contributed by atoms with Gasteiger partial charge in [0.25, 0.3) is 0 Å². The zero-order valence-electron chi connectivity index (χ0n) is 29.9. The molecule has 55 heavy (non-hydrogen) atoms. The Kier molecular flexibility index (Phi) is 7.17. The Labute approximate surface area is 318 Å². The van der Waals surface area contributed by atoms with Crippen LogP contribution in [0, 0.1) is 0 Å². The SMILES string of the molecule is c1cc(-c2ccc(N(c3ccc(-c4ccc5c(c4)oc4ccccc45)cc3)c3ccc4ccccc4c3)cc2)cc(-n2c3ccccc3c3ccccc32)c1. The van der Waals surface area contributed by atoms with Gasteiger partial charge in [0.15, 0.2) is 0 Å². The first-order valence-electron chi connectivity index (χ1n) is 18.7. The molecule has 9 aromatic carbocycles. The first kappa shape index (κ1) is 31.2. The van der Waals surface area contributed by atoms with Crippen LogP contribution in [0.25, 0.3) is 82.5 Å². The van der Waals surface area contributed by atoms with Gasteiger partial charge in [-0.3, -0.25) is 0 Å². The summed E-state index contributed by atoms with van der Waals surface area (Å²) in [5.41, 5.74) is 13.3. The van der Waals surface area contributed by atoms with Crippen LogP contribution in [-0.4, -0.2) is 4.57 Å². The fraction of sp³-hybridized carbons (Fsp3) is 0. The molecule has 0 aliphatic rings. The molecule has 0 radical (unpaired) electrons. The lowest BCUT2D eigenvalue weighted by molar-refractivity contribution is 0.669. The number of benzene rings is 9. The summed E-state index contributed by atoms with van der Waals surface area (Å²) in [5, 5.41) is 7.25. The number of furan rings is 1. The van der Waals surface area contributed by atoms with Crippen molar-refractivity contribution >= 4 is 71.6 Å². The van der Waals surface area contributed by atoms with E-state index in [4.69, 9.17) is 4.42 Å². The third-order valence-electron chi connectivity index (χ3n) is 11.0. The molecule has 0 saturated heterocycles. The van der Waals surface area contributed by atoms with Gasteiger partial charge in [-0.1, -0.05) is 127 Å². The van der Waals surface area contributed by atoms with Gasteiger partial charge in [-0.05, 0) is 112 Å². The number of fused-ring (bicyclic) bond motifs is 7. The summed E-state index contributed by atoms with van der Waals surface area (Å²) in [5.74, 6) is 0. The first-order chi connectivity index (χ1) is 27.2. The van der Waals surface area contributed by atoms with Crippen molar-refractivity contribution in [1.29, 1.82) is 0 Å². The van der Waals surface area contributed by atoms with E-state index in [-0.39, 0.29) is 0 Å². The monoisotopic (exact) mass is 702 g/mol. The van der Waals surface area contributed by atoms with Gasteiger partial charge in [-0.2, -0.15) is 0 Å². The van der Waals surface area contributed by atoms with Gasteiger partial charge >= 0.3 is 0 Å². The molecule has 0 aliphatic heterocycles. The summed E-state index contributed by atoms with van der Waals surface area (Å²) in [6, 6.07) is 74.0. The number of nitrogens with zero attached hydrogens (tertiary/aromatic N) is 2. The molecular weight excluding hydrogens is 669 g/mol. The van der Waals surface area contributed by atoms with Crippen molar-refractivity contribution in [3.63, 3.8) is 0 Å². The van der Waals surface area contributed by atoms with E-state index in [0.29, 0.717) is 0 Å². The fourth-order valence-electron chi connectivity index (χ4n) is 8.30. The highest BCUT2D eigenvalue weighted by Crippen LogP contribution is 2.40. The normalized spacial score (nSPS) is 11.6. The Hall–Kier alpha value is -7.36. The average molecular weight is 703 g/mol. The first-order valence-corrected chi connectivity index (χ1v) is 18.7. The standard InChI is InChI=1S/C52H34N2O/c1-2-11-38-33-44(30-24-35(38)10-1)53(42-28-22-37(23-29-42)40-25-31-48-47-16-5-8-19-51(47)55-52(48)34-40)41-26-20-36(21-27-41)39-12-9-13-43(32-39)54-49-17-6-3-14-45(49)46-15-4-7-18-50(46)54/h1-34H. The van der Waals surface area contributed by atoms with Crippen LogP contribution in [0.1, 0.15) is 0 Å². The highest BCUT2D eigenvalue weighted by molar-refractivity contribution is 6.09. The molecule has 0 saturated carbocycles. The third kappa shape index (κ3) is 5.28. The summed E-state index contributed by atoms with van der Waals surface area (Å²) in [4.78, 5) is 2.34. The molecule has 0 aliphatic carbocycles. The van der Waals surface area contributed by atoms with Crippen LogP contribution in [0.15, 0.2) is 211 Å². The largest absolute Gasteiger partial charge is 0.456 e. The van der Waals surface area contributed by atoms with Crippen LogP contribution < -0.4 is 4.90 Å². The zero-order valence-corrected chi connectivity index (χ0v) is 29.9. The van der Waals surface area contributed by atoms with Crippen molar-refractivity contribution in [2.24, 2.45) is 0 Å². The number of rotatable bonds is 6. The molecule has 0 bridgehead atoms. The zero-order chi connectivity index (χ0) is 36.3. The lowest BCUT2D eigenvalue weighted by atomic mass is 10.0. The summed E-state index contributed by atoms with van der Waals surface area (Å²) < 4.78 is 8.60. The topological polar surface area (TPSA) is 21.3 Å². The number of para-hydroxylation sites is 3. The van der Waals surface area contributed by atoms with Crippen LogP contribution in [-0.2, 0) is 0 Å². The second kappa shape index (κ2) is 12.6. The highest BCUT2D eigenvalue weighted by atomic mass is 16.3. The van der Waals surface area contributed by atoms with Crippen molar-refractivity contribution in [3.05, 3.63) is 206 Å². The minimum absolute atomic E-state index is 0.904. The molecule has 2 aromatic heterocycles. The Balaban J connectivity index is 0.970. The summed E-state index contributed by atoms with van der Waals surface area (Å²) in [6.07, 6.45) is 0. The van der Waals surface area contributed by atoms with Crippen molar-refractivity contribution in [3.8, 4) is 27.9 Å². The lowest BCUT2D eigenvalue weighted by Gasteiger charge is -2.26. The van der Waals surface area contributed by atoms with Gasteiger partial charge in [0.1, 0.15) is 11.2 Å². The summed E-state index contributed by atoms with van der Waals surface area (Å²) in [7, 11) is 0. The summed E-state index contributed by atoms with van der Waals surface area (Å²) in [6.45, 7) is 0. The molecule has 258 valence electrons. The van der Waals surface area contributed by atoms with Crippen molar-refractivity contribution in [2.75, 3.05) is 4.90 Å². The van der Waals surface area contributed by atoms with Crippen molar-refractivity contribution in [1.82, 2.24) is 4.57 Å². The second-order valence-corrected chi connectivity index (χ2v) is 14.2. The smallest absolute Gasteiger partial charge is 0.136 e. The fourth-order valence-corrected chi connectivity index (χ4v) is 8.30. The Bertz CT molecular complexity index is 3150. The van der Waals surface area contributed by atoms with E-state index in [9.17, 15) is 0 Å². The van der Waals surface area contributed by atoms with Gasteiger partial charge in [0, 0.05) is 44.3 Å². The van der Waals surface area contributed by atoms with Crippen LogP contribution in [0.2, 0.25) is 0 Å². The maximum atomic E-state index is 6.22. The molecule has 11 aromatic rings. The Morgan fingerprint density at radius 1 is 0.327 bits per heavy atom. The van der Waals surface area contributed by atoms with E-state index < -0.39 is 0 Å². The average Bonchev–Trinajstić information content (AvgIpc) is 3.80. The molecule has 2 heterocycles. The highest BCUT2D eigenvalue weighted by Gasteiger charge is 2.16. The van der Waals surface area contributed by atoms with Gasteiger partial charge in [0.2, 0.25) is 0 Å².